The standard InChI is InChI=1S/C16H12ClN3O7/c1-9(15(21)18-13-4-2-3-5-14(13)20(25)26)27-16(22)11-7-6-10(19(23)24)8-12(11)17/h2-9H,1H3,(H,18,21)/t9-/m0/s1. The smallest absolute Gasteiger partial charge is 0.340 e. The Balaban J connectivity index is 2.09. The maximum Gasteiger partial charge on any atom is 0.340 e. The van der Waals surface area contributed by atoms with Crippen molar-refractivity contribution in [2.75, 3.05) is 5.32 Å². The first-order valence-electron chi connectivity index (χ1n) is 7.40. The number of anilines is 1. The minimum atomic E-state index is -1.30. The predicted octanol–water partition coefficient (Wildman–Crippen LogP) is 3.34. The van der Waals surface area contributed by atoms with Gasteiger partial charge in [-0.15, -0.1) is 0 Å². The van der Waals surface area contributed by atoms with E-state index in [9.17, 15) is 29.8 Å². The van der Waals surface area contributed by atoms with Gasteiger partial charge in [0.25, 0.3) is 17.3 Å². The Bertz CT molecular complexity index is 932. The second kappa shape index (κ2) is 8.23. The number of halogens is 1. The molecule has 2 aromatic rings. The molecule has 10 nitrogen and oxygen atoms in total. The van der Waals surface area contributed by atoms with Crippen LogP contribution in [0.2, 0.25) is 5.02 Å². The number of nitro benzene ring substituents is 2. The van der Waals surface area contributed by atoms with E-state index >= 15 is 0 Å². The fourth-order valence-corrected chi connectivity index (χ4v) is 2.29. The van der Waals surface area contributed by atoms with Gasteiger partial charge < -0.3 is 10.1 Å². The van der Waals surface area contributed by atoms with Crippen LogP contribution in [0.1, 0.15) is 17.3 Å². The van der Waals surface area contributed by atoms with Crippen LogP contribution < -0.4 is 5.32 Å². The average Bonchev–Trinajstić information content (AvgIpc) is 2.61. The highest BCUT2D eigenvalue weighted by Crippen LogP contribution is 2.25. The van der Waals surface area contributed by atoms with Crippen molar-refractivity contribution >= 4 is 40.5 Å². The summed E-state index contributed by atoms with van der Waals surface area (Å²) in [6.45, 7) is 1.27. The number of carbonyl (C=O) groups excluding carboxylic acids is 2. The number of esters is 1. The van der Waals surface area contributed by atoms with Crippen LogP contribution in [-0.2, 0) is 9.53 Å². The van der Waals surface area contributed by atoms with Crippen molar-refractivity contribution in [3.8, 4) is 0 Å². The Labute approximate surface area is 157 Å². The van der Waals surface area contributed by atoms with Crippen LogP contribution in [-0.4, -0.2) is 27.8 Å². The SMILES string of the molecule is C[C@H](OC(=O)c1ccc([N+](=O)[O-])cc1Cl)C(=O)Nc1ccccc1[N+](=O)[O-]. The van der Waals surface area contributed by atoms with Gasteiger partial charge in [0.05, 0.1) is 20.4 Å². The molecule has 0 fully saturated rings. The molecule has 0 heterocycles. The van der Waals surface area contributed by atoms with Gasteiger partial charge in [-0.2, -0.15) is 0 Å². The first-order chi connectivity index (χ1) is 12.7. The van der Waals surface area contributed by atoms with E-state index in [1.54, 1.807) is 0 Å². The summed E-state index contributed by atoms with van der Waals surface area (Å²) < 4.78 is 4.98. The molecule has 0 aliphatic heterocycles. The quantitative estimate of drug-likeness (QED) is 0.450. The van der Waals surface area contributed by atoms with Gasteiger partial charge >= 0.3 is 5.97 Å². The average molecular weight is 394 g/mol. The number of ether oxygens (including phenoxy) is 1. The van der Waals surface area contributed by atoms with Crippen molar-refractivity contribution in [3.63, 3.8) is 0 Å². The number of nitrogens with one attached hydrogen (secondary N) is 1. The molecule has 0 aliphatic rings. The van der Waals surface area contributed by atoms with Gasteiger partial charge in [0, 0.05) is 18.2 Å². The molecule has 140 valence electrons. The van der Waals surface area contributed by atoms with Crippen LogP contribution in [0.5, 0.6) is 0 Å². The zero-order chi connectivity index (χ0) is 20.1. The maximum absolute atomic E-state index is 12.1. The summed E-state index contributed by atoms with van der Waals surface area (Å²) in [6, 6.07) is 8.64. The number of hydrogen-bond donors (Lipinski definition) is 1. The number of nitro groups is 2. The van der Waals surface area contributed by atoms with Gasteiger partial charge in [0.2, 0.25) is 0 Å². The molecule has 2 rings (SSSR count). The monoisotopic (exact) mass is 393 g/mol. The zero-order valence-electron chi connectivity index (χ0n) is 13.7. The molecule has 11 heteroatoms. The van der Waals surface area contributed by atoms with Gasteiger partial charge in [-0.25, -0.2) is 4.79 Å². The molecular formula is C16H12ClN3O7. The van der Waals surface area contributed by atoms with Gasteiger partial charge in [0.15, 0.2) is 6.10 Å². The van der Waals surface area contributed by atoms with E-state index in [-0.39, 0.29) is 27.6 Å². The van der Waals surface area contributed by atoms with E-state index in [1.807, 2.05) is 0 Å². The number of nitrogens with zero attached hydrogens (tertiary/aromatic N) is 2. The molecule has 0 saturated carbocycles. The fraction of sp³-hybridized carbons (Fsp3) is 0.125. The Hall–Kier alpha value is -3.53. The Morgan fingerprint density at radius 3 is 2.37 bits per heavy atom. The molecule has 0 spiro atoms. The number of rotatable bonds is 6. The molecule has 0 aromatic heterocycles. The Kier molecular flexibility index (Phi) is 6.03. The van der Waals surface area contributed by atoms with E-state index in [4.69, 9.17) is 16.3 Å². The number of benzene rings is 2. The van der Waals surface area contributed by atoms with Crippen molar-refractivity contribution in [2.24, 2.45) is 0 Å². The Morgan fingerprint density at radius 2 is 1.78 bits per heavy atom. The van der Waals surface area contributed by atoms with Crippen molar-refractivity contribution in [2.45, 2.75) is 13.0 Å². The third kappa shape index (κ3) is 4.76. The molecule has 1 N–H and O–H groups in total. The second-order valence-electron chi connectivity index (χ2n) is 5.23. The van der Waals surface area contributed by atoms with Gasteiger partial charge in [-0.1, -0.05) is 23.7 Å². The number of hydrogen-bond acceptors (Lipinski definition) is 7. The number of amides is 1. The predicted molar refractivity (Wildman–Crippen MR) is 94.7 cm³/mol. The molecule has 2 aromatic carbocycles. The third-order valence-electron chi connectivity index (χ3n) is 3.40. The summed E-state index contributed by atoms with van der Waals surface area (Å²) in [5, 5.41) is 23.7. The lowest BCUT2D eigenvalue weighted by atomic mass is 10.2. The third-order valence-corrected chi connectivity index (χ3v) is 3.71. The van der Waals surface area contributed by atoms with Crippen LogP contribution in [0.15, 0.2) is 42.5 Å². The first-order valence-corrected chi connectivity index (χ1v) is 7.77. The van der Waals surface area contributed by atoms with Gasteiger partial charge in [-0.3, -0.25) is 25.0 Å². The van der Waals surface area contributed by atoms with Crippen molar-refractivity contribution in [1.29, 1.82) is 0 Å². The summed E-state index contributed by atoms with van der Waals surface area (Å²) in [4.78, 5) is 44.6. The molecular weight excluding hydrogens is 382 g/mol. The molecule has 0 radical (unpaired) electrons. The summed E-state index contributed by atoms with van der Waals surface area (Å²) in [5.74, 6) is -1.77. The maximum atomic E-state index is 12.1. The van der Waals surface area contributed by atoms with E-state index in [1.165, 1.54) is 31.2 Å². The van der Waals surface area contributed by atoms with Crippen LogP contribution in [0.25, 0.3) is 0 Å². The lowest BCUT2D eigenvalue weighted by molar-refractivity contribution is -0.384. The summed E-state index contributed by atoms with van der Waals surface area (Å²) >= 11 is 5.84. The minimum absolute atomic E-state index is 0.0521. The summed E-state index contributed by atoms with van der Waals surface area (Å²) in [7, 11) is 0. The topological polar surface area (TPSA) is 142 Å². The minimum Gasteiger partial charge on any atom is -0.449 e. The van der Waals surface area contributed by atoms with Crippen molar-refractivity contribution in [3.05, 3.63) is 73.3 Å². The van der Waals surface area contributed by atoms with E-state index in [2.05, 4.69) is 5.32 Å². The van der Waals surface area contributed by atoms with E-state index < -0.39 is 27.8 Å². The molecule has 0 saturated heterocycles. The lowest BCUT2D eigenvalue weighted by Crippen LogP contribution is -2.30. The normalized spacial score (nSPS) is 11.3. The highest BCUT2D eigenvalue weighted by atomic mass is 35.5. The molecule has 27 heavy (non-hydrogen) atoms. The molecule has 1 atom stereocenters. The lowest BCUT2D eigenvalue weighted by Gasteiger charge is -2.14. The summed E-state index contributed by atoms with van der Waals surface area (Å²) in [5.41, 5.74) is -0.835. The second-order valence-corrected chi connectivity index (χ2v) is 5.64. The fourth-order valence-electron chi connectivity index (χ4n) is 2.03. The zero-order valence-corrected chi connectivity index (χ0v) is 14.5. The van der Waals surface area contributed by atoms with Crippen molar-refractivity contribution in [1.82, 2.24) is 0 Å². The number of non-ortho nitro benzene ring substituents is 1. The van der Waals surface area contributed by atoms with Crippen LogP contribution >= 0.6 is 11.6 Å². The summed E-state index contributed by atoms with van der Waals surface area (Å²) in [6.07, 6.45) is -1.30. The van der Waals surface area contributed by atoms with E-state index in [0.717, 1.165) is 18.2 Å². The first kappa shape index (κ1) is 19.8. The highest BCUT2D eigenvalue weighted by molar-refractivity contribution is 6.33. The van der Waals surface area contributed by atoms with Crippen molar-refractivity contribution < 1.29 is 24.2 Å². The van der Waals surface area contributed by atoms with Crippen LogP contribution in [0.3, 0.4) is 0 Å². The molecule has 0 aliphatic carbocycles. The molecule has 0 unspecified atom stereocenters. The molecule has 0 bridgehead atoms. The largest absolute Gasteiger partial charge is 0.449 e. The number of para-hydroxylation sites is 2. The highest BCUT2D eigenvalue weighted by Gasteiger charge is 2.24. The van der Waals surface area contributed by atoms with E-state index in [0.29, 0.717) is 0 Å². The van der Waals surface area contributed by atoms with Crippen LogP contribution in [0.4, 0.5) is 17.1 Å². The van der Waals surface area contributed by atoms with Gasteiger partial charge in [0.1, 0.15) is 5.69 Å². The van der Waals surface area contributed by atoms with Gasteiger partial charge in [-0.05, 0) is 19.1 Å². The molecule has 1 amide bonds. The number of carbonyl (C=O) groups is 2. The van der Waals surface area contributed by atoms with Crippen LogP contribution in [0, 0.1) is 20.2 Å². The Morgan fingerprint density at radius 1 is 1.11 bits per heavy atom.